The quantitative estimate of drug-likeness (QED) is 0.686. The maximum absolute atomic E-state index is 11.0. The molecule has 1 aromatic rings. The molecule has 5 heteroatoms. The summed E-state index contributed by atoms with van der Waals surface area (Å²) in [5, 5.41) is 11.8. The lowest BCUT2D eigenvalue weighted by molar-refractivity contribution is -0.139. The van der Waals surface area contributed by atoms with E-state index in [2.05, 4.69) is 5.23 Å². The second-order valence-corrected chi connectivity index (χ2v) is 3.72. The van der Waals surface area contributed by atoms with Crippen LogP contribution < -0.4 is 5.23 Å². The second kappa shape index (κ2) is 6.30. The van der Waals surface area contributed by atoms with Crippen molar-refractivity contribution in [3.63, 3.8) is 0 Å². The van der Waals surface area contributed by atoms with Gasteiger partial charge in [0.25, 0.3) is 0 Å². The van der Waals surface area contributed by atoms with Crippen LogP contribution in [0.25, 0.3) is 0 Å². The molecule has 0 aromatic heterocycles. The van der Waals surface area contributed by atoms with Crippen LogP contribution in [-0.4, -0.2) is 31.8 Å². The molecule has 2 N–H and O–H groups in total. The van der Waals surface area contributed by atoms with Gasteiger partial charge >= 0.3 is 13.6 Å². The molecule has 1 atom stereocenters. The average Bonchev–Trinajstić information content (AvgIpc) is 2.24. The van der Waals surface area contributed by atoms with E-state index in [1.807, 2.05) is 31.2 Å². The van der Waals surface area contributed by atoms with Gasteiger partial charge in [0.15, 0.2) is 0 Å². The Labute approximate surface area is 95.9 Å². The molecule has 0 heterocycles. The zero-order chi connectivity index (χ0) is 12.0. The third kappa shape index (κ3) is 4.04. The van der Waals surface area contributed by atoms with Crippen molar-refractivity contribution in [1.29, 1.82) is 0 Å². The topological polar surface area (TPSA) is 58.6 Å². The predicted octanol–water partition coefficient (Wildman–Crippen LogP) is 0.493. The molecule has 0 radical (unpaired) electrons. The fourth-order valence-electron chi connectivity index (χ4n) is 1.51. The maximum atomic E-state index is 11.0. The highest BCUT2D eigenvalue weighted by Crippen LogP contribution is 2.07. The van der Waals surface area contributed by atoms with E-state index in [1.165, 1.54) is 7.11 Å². The summed E-state index contributed by atoms with van der Waals surface area (Å²) in [4.78, 5) is 11.0. The summed E-state index contributed by atoms with van der Waals surface area (Å²) < 4.78 is 4.81. The van der Waals surface area contributed by atoms with E-state index >= 15 is 0 Å². The van der Waals surface area contributed by atoms with Gasteiger partial charge < -0.3 is 15.0 Å². The zero-order valence-corrected chi connectivity index (χ0v) is 9.56. The van der Waals surface area contributed by atoms with Crippen LogP contribution in [0.15, 0.2) is 24.3 Å². The summed E-state index contributed by atoms with van der Waals surface area (Å²) in [7, 11) is 1.77. The Morgan fingerprint density at radius 3 is 2.94 bits per heavy atom. The minimum atomic E-state index is -0.862. The third-order valence-electron chi connectivity index (χ3n) is 2.29. The van der Waals surface area contributed by atoms with Crippen LogP contribution in [0.5, 0.6) is 0 Å². The van der Waals surface area contributed by atoms with Crippen LogP contribution in [0.2, 0.25) is 0 Å². The molecular formula is C11H16BNO3. The summed E-state index contributed by atoms with van der Waals surface area (Å²) in [6.45, 7) is 1.99. The van der Waals surface area contributed by atoms with E-state index in [4.69, 9.17) is 9.76 Å². The first-order chi connectivity index (χ1) is 7.63. The molecule has 0 aliphatic rings. The maximum Gasteiger partial charge on any atom is 0.361 e. The summed E-state index contributed by atoms with van der Waals surface area (Å²) in [6, 6.07) is 7.23. The first kappa shape index (κ1) is 12.7. The van der Waals surface area contributed by atoms with Crippen molar-refractivity contribution < 1.29 is 14.6 Å². The van der Waals surface area contributed by atoms with Crippen LogP contribution in [0.3, 0.4) is 0 Å². The number of nitrogens with one attached hydrogen (secondary N) is 1. The molecule has 0 spiro atoms. The molecule has 0 saturated carbocycles. The van der Waals surface area contributed by atoms with Gasteiger partial charge in [0, 0.05) is 7.11 Å². The van der Waals surface area contributed by atoms with Crippen LogP contribution in [0.4, 0.5) is 0 Å². The van der Waals surface area contributed by atoms with Gasteiger partial charge in [-0.1, -0.05) is 29.8 Å². The number of carbonyl (C=O) groups is 1. The molecule has 0 bridgehead atoms. The van der Waals surface area contributed by atoms with Crippen molar-refractivity contribution in [3.8, 4) is 0 Å². The Hall–Kier alpha value is -1.33. The minimum absolute atomic E-state index is 0.239. The molecule has 1 unspecified atom stereocenters. The number of benzene rings is 1. The highest BCUT2D eigenvalue weighted by molar-refractivity contribution is 6.24. The van der Waals surface area contributed by atoms with Crippen LogP contribution in [-0.2, 0) is 15.9 Å². The summed E-state index contributed by atoms with van der Waals surface area (Å²) >= 11 is 0. The number of rotatable bonds is 6. The van der Waals surface area contributed by atoms with E-state index in [0.29, 0.717) is 6.42 Å². The summed E-state index contributed by atoms with van der Waals surface area (Å²) in [5.74, 6) is -0.862. The van der Waals surface area contributed by atoms with E-state index in [1.54, 1.807) is 0 Å². The first-order valence-corrected chi connectivity index (χ1v) is 5.14. The van der Waals surface area contributed by atoms with E-state index in [0.717, 1.165) is 11.1 Å². The molecule has 0 fully saturated rings. The van der Waals surface area contributed by atoms with Gasteiger partial charge in [-0.25, -0.2) is 0 Å². The lowest BCUT2D eigenvalue weighted by atomic mass is 10.0. The Morgan fingerprint density at radius 2 is 2.38 bits per heavy atom. The molecular weight excluding hydrogens is 205 g/mol. The van der Waals surface area contributed by atoms with E-state index < -0.39 is 12.0 Å². The Kier molecular flexibility index (Phi) is 5.02. The van der Waals surface area contributed by atoms with Crippen molar-refractivity contribution in [2.45, 2.75) is 19.4 Å². The first-order valence-electron chi connectivity index (χ1n) is 5.14. The van der Waals surface area contributed by atoms with Gasteiger partial charge in [-0.05, 0) is 18.9 Å². The SMILES string of the molecule is COBNC(Cc1cccc(C)c1)C(=O)O. The van der Waals surface area contributed by atoms with Crippen molar-refractivity contribution in [3.05, 3.63) is 35.4 Å². The molecule has 4 nitrogen and oxygen atoms in total. The van der Waals surface area contributed by atoms with Crippen molar-refractivity contribution >= 4 is 13.6 Å². The zero-order valence-electron chi connectivity index (χ0n) is 9.56. The fourth-order valence-corrected chi connectivity index (χ4v) is 1.51. The largest absolute Gasteiger partial charge is 0.480 e. The smallest absolute Gasteiger partial charge is 0.361 e. The number of aliphatic carboxylic acids is 1. The molecule has 0 saturated heterocycles. The molecule has 0 aliphatic carbocycles. The normalized spacial score (nSPS) is 12.1. The molecule has 1 rings (SSSR count). The van der Waals surface area contributed by atoms with Gasteiger partial charge in [-0.2, -0.15) is 0 Å². The predicted molar refractivity (Wildman–Crippen MR) is 63.6 cm³/mol. The molecule has 1 aromatic carbocycles. The van der Waals surface area contributed by atoms with Crippen LogP contribution in [0.1, 0.15) is 11.1 Å². The molecule has 0 aliphatic heterocycles. The minimum Gasteiger partial charge on any atom is -0.480 e. The number of aryl methyl sites for hydroxylation is 1. The lowest BCUT2D eigenvalue weighted by Crippen LogP contribution is -2.41. The molecule has 16 heavy (non-hydrogen) atoms. The van der Waals surface area contributed by atoms with E-state index in [9.17, 15) is 4.79 Å². The van der Waals surface area contributed by atoms with Gasteiger partial charge in [0.05, 0.1) is 0 Å². The number of hydrogen-bond donors (Lipinski definition) is 2. The standard InChI is InChI=1S/C11H16BNO3/c1-8-4-3-5-9(6-8)7-10(11(14)15)13-12-16-2/h3-6,10,12-13H,7H2,1-2H3,(H,14,15). The third-order valence-corrected chi connectivity index (χ3v) is 2.29. The van der Waals surface area contributed by atoms with Crippen molar-refractivity contribution in [2.24, 2.45) is 0 Å². The number of hydrogen-bond acceptors (Lipinski definition) is 3. The van der Waals surface area contributed by atoms with Gasteiger partial charge in [0.2, 0.25) is 0 Å². The van der Waals surface area contributed by atoms with Gasteiger partial charge in [-0.15, -0.1) is 0 Å². The molecule has 86 valence electrons. The number of carboxylic acids is 1. The van der Waals surface area contributed by atoms with Gasteiger partial charge in [-0.3, -0.25) is 4.79 Å². The van der Waals surface area contributed by atoms with E-state index in [-0.39, 0.29) is 7.62 Å². The summed E-state index contributed by atoms with van der Waals surface area (Å²) in [6.07, 6.45) is 0.459. The monoisotopic (exact) mass is 221 g/mol. The average molecular weight is 221 g/mol. The highest BCUT2D eigenvalue weighted by atomic mass is 16.4. The summed E-state index contributed by atoms with van der Waals surface area (Å²) in [5.41, 5.74) is 2.14. The second-order valence-electron chi connectivity index (χ2n) is 3.72. The molecule has 0 amide bonds. The Bertz CT molecular complexity index is 357. The van der Waals surface area contributed by atoms with Crippen LogP contribution in [0, 0.1) is 6.92 Å². The van der Waals surface area contributed by atoms with Crippen molar-refractivity contribution in [2.75, 3.05) is 7.11 Å². The highest BCUT2D eigenvalue weighted by Gasteiger charge is 2.17. The van der Waals surface area contributed by atoms with Crippen molar-refractivity contribution in [1.82, 2.24) is 5.23 Å². The van der Waals surface area contributed by atoms with Gasteiger partial charge in [0.1, 0.15) is 6.04 Å². The lowest BCUT2D eigenvalue weighted by Gasteiger charge is -2.13. The number of carboxylic acid groups (broad SMARTS) is 1. The van der Waals surface area contributed by atoms with Crippen LogP contribution >= 0.6 is 0 Å². The Balaban J connectivity index is 2.64. The Morgan fingerprint density at radius 1 is 1.62 bits per heavy atom. The fraction of sp³-hybridized carbons (Fsp3) is 0.364.